The van der Waals surface area contributed by atoms with E-state index in [0.717, 1.165) is 28.4 Å². The molecule has 0 spiro atoms. The van der Waals surface area contributed by atoms with Crippen molar-refractivity contribution in [3.05, 3.63) is 64.1 Å². The van der Waals surface area contributed by atoms with E-state index < -0.39 is 35.9 Å². The largest absolute Gasteiger partial charge is 0.452 e. The lowest BCUT2D eigenvalue weighted by Crippen LogP contribution is -2.22. The Morgan fingerprint density at radius 1 is 1.17 bits per heavy atom. The fourth-order valence-corrected chi connectivity index (χ4v) is 3.44. The Kier molecular flexibility index (Phi) is 6.19. The number of alkyl halides is 3. The lowest BCUT2D eigenvalue weighted by Gasteiger charge is -2.15. The molecule has 0 atom stereocenters. The van der Waals surface area contributed by atoms with Crippen molar-refractivity contribution in [2.24, 2.45) is 0 Å². The van der Waals surface area contributed by atoms with Gasteiger partial charge in [-0.1, -0.05) is 29.8 Å². The highest BCUT2D eigenvalue weighted by Gasteiger charge is 2.34. The highest BCUT2D eigenvalue weighted by Crippen LogP contribution is 2.38. The standard InChI is InChI=1S/C19H12ClF3N2O3S/c20-12-5-3-4-11(19(21,22)23)18(12)25-15(26)10-28-17(27)9-8-16-24-13-6-1-2-7-14(13)29-16/h1-9H,10H2,(H,25,26). The van der Waals surface area contributed by atoms with Gasteiger partial charge in [0.05, 0.1) is 26.5 Å². The van der Waals surface area contributed by atoms with Crippen LogP contribution in [0, 0.1) is 0 Å². The average Bonchev–Trinajstić information content (AvgIpc) is 3.08. The summed E-state index contributed by atoms with van der Waals surface area (Å²) in [4.78, 5) is 28.0. The van der Waals surface area contributed by atoms with Gasteiger partial charge in [0.25, 0.3) is 5.91 Å². The first-order chi connectivity index (χ1) is 13.7. The molecule has 1 aromatic heterocycles. The summed E-state index contributed by atoms with van der Waals surface area (Å²) in [5.74, 6) is -1.79. The number of nitrogens with zero attached hydrogens (tertiary/aromatic N) is 1. The number of para-hydroxylation sites is 2. The van der Waals surface area contributed by atoms with Crippen molar-refractivity contribution in [1.82, 2.24) is 4.98 Å². The summed E-state index contributed by atoms with van der Waals surface area (Å²) in [5.41, 5.74) is -0.904. The van der Waals surface area contributed by atoms with Crippen LogP contribution in [-0.2, 0) is 20.5 Å². The topological polar surface area (TPSA) is 68.3 Å². The van der Waals surface area contributed by atoms with E-state index in [4.69, 9.17) is 16.3 Å². The molecule has 10 heteroatoms. The number of benzene rings is 2. The number of nitrogens with one attached hydrogen (secondary N) is 1. The maximum absolute atomic E-state index is 13.0. The molecule has 0 aliphatic heterocycles. The SMILES string of the molecule is O=C(COC(=O)C=Cc1nc2ccccc2s1)Nc1c(Cl)cccc1C(F)(F)F. The Morgan fingerprint density at radius 3 is 2.66 bits per heavy atom. The molecule has 1 amide bonds. The van der Waals surface area contributed by atoms with Crippen LogP contribution in [0.25, 0.3) is 16.3 Å². The first kappa shape index (κ1) is 20.8. The fourth-order valence-electron chi connectivity index (χ4n) is 2.35. The third-order valence-electron chi connectivity index (χ3n) is 3.60. The number of ether oxygens (including phenoxy) is 1. The van der Waals surface area contributed by atoms with E-state index in [2.05, 4.69) is 4.98 Å². The third kappa shape index (κ3) is 5.33. The summed E-state index contributed by atoms with van der Waals surface area (Å²) in [5, 5.41) is 2.32. The number of hydrogen-bond acceptors (Lipinski definition) is 5. The van der Waals surface area contributed by atoms with Crippen molar-refractivity contribution in [3.8, 4) is 0 Å². The van der Waals surface area contributed by atoms with Gasteiger partial charge >= 0.3 is 12.1 Å². The second-order valence-electron chi connectivity index (χ2n) is 5.67. The highest BCUT2D eigenvalue weighted by molar-refractivity contribution is 7.19. The summed E-state index contributed by atoms with van der Waals surface area (Å²) in [6, 6.07) is 10.5. The van der Waals surface area contributed by atoms with Crippen LogP contribution in [0.4, 0.5) is 18.9 Å². The van der Waals surface area contributed by atoms with Crippen molar-refractivity contribution >= 4 is 56.8 Å². The lowest BCUT2D eigenvalue weighted by atomic mass is 10.1. The minimum Gasteiger partial charge on any atom is -0.452 e. The number of carbonyl (C=O) groups excluding carboxylic acids is 2. The van der Waals surface area contributed by atoms with Gasteiger partial charge in [0.2, 0.25) is 0 Å². The minimum absolute atomic E-state index is 0.282. The van der Waals surface area contributed by atoms with Crippen LogP contribution in [-0.4, -0.2) is 23.5 Å². The summed E-state index contributed by atoms with van der Waals surface area (Å²) in [7, 11) is 0. The van der Waals surface area contributed by atoms with Gasteiger partial charge < -0.3 is 10.1 Å². The van der Waals surface area contributed by atoms with Gasteiger partial charge in [0.15, 0.2) is 6.61 Å². The number of amides is 1. The number of thiazole rings is 1. The van der Waals surface area contributed by atoms with Gasteiger partial charge in [-0.05, 0) is 30.3 Å². The molecule has 0 aliphatic rings. The molecule has 2 aromatic carbocycles. The van der Waals surface area contributed by atoms with E-state index in [1.165, 1.54) is 23.5 Å². The van der Waals surface area contributed by atoms with Crippen LogP contribution in [0.3, 0.4) is 0 Å². The maximum atomic E-state index is 13.0. The van der Waals surface area contributed by atoms with Crippen molar-refractivity contribution < 1.29 is 27.5 Å². The summed E-state index contributed by atoms with van der Waals surface area (Å²) >= 11 is 7.12. The van der Waals surface area contributed by atoms with Crippen LogP contribution >= 0.6 is 22.9 Å². The number of hydrogen-bond donors (Lipinski definition) is 1. The van der Waals surface area contributed by atoms with E-state index in [1.807, 2.05) is 29.6 Å². The predicted molar refractivity (Wildman–Crippen MR) is 105 cm³/mol. The molecule has 0 radical (unpaired) electrons. The van der Waals surface area contributed by atoms with Gasteiger partial charge in [-0.15, -0.1) is 11.3 Å². The van der Waals surface area contributed by atoms with Crippen LogP contribution in [0.2, 0.25) is 5.02 Å². The molecule has 0 aliphatic carbocycles. The molecule has 150 valence electrons. The molecule has 1 N–H and O–H groups in total. The molecule has 5 nitrogen and oxygen atoms in total. The first-order valence-corrected chi connectivity index (χ1v) is 9.29. The molecular weight excluding hydrogens is 429 g/mol. The van der Waals surface area contributed by atoms with Crippen molar-refractivity contribution in [1.29, 1.82) is 0 Å². The molecule has 0 unspecified atom stereocenters. The van der Waals surface area contributed by atoms with Crippen LogP contribution in [0.1, 0.15) is 10.6 Å². The Bertz CT molecular complexity index is 1060. The molecule has 0 saturated heterocycles. The van der Waals surface area contributed by atoms with Crippen LogP contribution < -0.4 is 5.32 Å². The molecule has 3 aromatic rings. The Morgan fingerprint density at radius 2 is 1.93 bits per heavy atom. The molecular formula is C19H12ClF3N2O3S. The summed E-state index contributed by atoms with van der Waals surface area (Å²) in [6.07, 6.45) is -2.19. The molecule has 0 saturated carbocycles. The number of fused-ring (bicyclic) bond motifs is 1. The quantitative estimate of drug-likeness (QED) is 0.439. The van der Waals surface area contributed by atoms with Gasteiger partial charge in [0, 0.05) is 6.08 Å². The Balaban J connectivity index is 1.59. The zero-order chi connectivity index (χ0) is 21.0. The van der Waals surface area contributed by atoms with Crippen LogP contribution in [0.5, 0.6) is 0 Å². The summed E-state index contributed by atoms with van der Waals surface area (Å²) < 4.78 is 44.8. The molecule has 0 fully saturated rings. The molecule has 1 heterocycles. The first-order valence-electron chi connectivity index (χ1n) is 8.10. The second kappa shape index (κ2) is 8.62. The monoisotopic (exact) mass is 440 g/mol. The van der Waals surface area contributed by atoms with E-state index >= 15 is 0 Å². The van der Waals surface area contributed by atoms with Crippen LogP contribution in [0.15, 0.2) is 48.5 Å². The Hall–Kier alpha value is -2.91. The molecule has 0 bridgehead atoms. The smallest absolute Gasteiger partial charge is 0.418 e. The van der Waals surface area contributed by atoms with Gasteiger partial charge in [-0.3, -0.25) is 4.79 Å². The number of aromatic nitrogens is 1. The normalized spacial score (nSPS) is 11.7. The van der Waals surface area contributed by atoms with Crippen molar-refractivity contribution in [3.63, 3.8) is 0 Å². The van der Waals surface area contributed by atoms with Crippen molar-refractivity contribution in [2.75, 3.05) is 11.9 Å². The van der Waals surface area contributed by atoms with E-state index in [0.29, 0.717) is 5.01 Å². The molecule has 29 heavy (non-hydrogen) atoms. The van der Waals surface area contributed by atoms with E-state index in [9.17, 15) is 22.8 Å². The third-order valence-corrected chi connectivity index (χ3v) is 4.92. The second-order valence-corrected chi connectivity index (χ2v) is 7.14. The number of anilines is 1. The minimum atomic E-state index is -4.70. The van der Waals surface area contributed by atoms with E-state index in [-0.39, 0.29) is 5.02 Å². The summed E-state index contributed by atoms with van der Waals surface area (Å²) in [6.45, 7) is -0.772. The zero-order valence-electron chi connectivity index (χ0n) is 14.5. The average molecular weight is 441 g/mol. The molecule has 3 rings (SSSR count). The number of esters is 1. The highest BCUT2D eigenvalue weighted by atomic mass is 35.5. The lowest BCUT2D eigenvalue weighted by molar-refractivity contribution is -0.142. The Labute approximate surface area is 171 Å². The number of carbonyl (C=O) groups is 2. The number of rotatable bonds is 5. The predicted octanol–water partition coefficient (Wildman–Crippen LogP) is 5.16. The number of halogens is 4. The van der Waals surface area contributed by atoms with Crippen molar-refractivity contribution in [2.45, 2.75) is 6.18 Å². The maximum Gasteiger partial charge on any atom is 0.418 e. The zero-order valence-corrected chi connectivity index (χ0v) is 16.1. The van der Waals surface area contributed by atoms with E-state index in [1.54, 1.807) is 0 Å². The van der Waals surface area contributed by atoms with Gasteiger partial charge in [0.1, 0.15) is 5.01 Å². The van der Waals surface area contributed by atoms with Gasteiger partial charge in [-0.2, -0.15) is 13.2 Å². The fraction of sp³-hybridized carbons (Fsp3) is 0.105. The van der Waals surface area contributed by atoms with Gasteiger partial charge in [-0.25, -0.2) is 9.78 Å².